The second-order valence-electron chi connectivity index (χ2n) is 7.62. The number of nitrogens with zero attached hydrogens (tertiary/aromatic N) is 3. The number of carbonyl (C=O) groups excluding carboxylic acids is 1. The quantitative estimate of drug-likeness (QED) is 0.386. The van der Waals surface area contributed by atoms with Crippen molar-refractivity contribution in [1.29, 1.82) is 5.26 Å². The molecule has 0 aliphatic rings. The summed E-state index contributed by atoms with van der Waals surface area (Å²) in [5, 5.41) is 15.3. The van der Waals surface area contributed by atoms with Crippen LogP contribution in [0.3, 0.4) is 0 Å². The second-order valence-corrected chi connectivity index (χ2v) is 9.56. The predicted molar refractivity (Wildman–Crippen MR) is 132 cm³/mol. The number of nitrogens with one attached hydrogen (secondary N) is 1. The van der Waals surface area contributed by atoms with Crippen LogP contribution < -0.4 is 14.8 Å². The summed E-state index contributed by atoms with van der Waals surface area (Å²) in [7, 11) is 3.17. The lowest BCUT2D eigenvalue weighted by Crippen LogP contribution is -2.12. The highest BCUT2D eigenvalue weighted by atomic mass is 32.2. The number of methoxy groups -OCH3 is 2. The van der Waals surface area contributed by atoms with Crippen LogP contribution in [0, 0.1) is 17.2 Å². The molecule has 33 heavy (non-hydrogen) atoms. The van der Waals surface area contributed by atoms with E-state index in [0.29, 0.717) is 38.9 Å². The Labute approximate surface area is 202 Å². The molecule has 0 unspecified atom stereocenters. The van der Waals surface area contributed by atoms with Gasteiger partial charge in [0.2, 0.25) is 5.91 Å². The largest absolute Gasteiger partial charge is 0.493 e. The molecule has 172 valence electrons. The molecule has 7 nitrogen and oxygen atoms in total. The molecule has 3 rings (SSSR count). The Bertz CT molecular complexity index is 1150. The minimum absolute atomic E-state index is 0.132. The zero-order valence-electron chi connectivity index (χ0n) is 19.0. The van der Waals surface area contributed by atoms with E-state index >= 15 is 0 Å². The molecule has 2 heterocycles. The van der Waals surface area contributed by atoms with Gasteiger partial charge in [-0.05, 0) is 42.7 Å². The molecule has 1 aromatic carbocycles. The highest BCUT2D eigenvalue weighted by Gasteiger charge is 2.13. The van der Waals surface area contributed by atoms with E-state index in [4.69, 9.17) is 9.47 Å². The van der Waals surface area contributed by atoms with Gasteiger partial charge in [-0.25, -0.2) is 9.97 Å². The Morgan fingerprint density at radius 2 is 1.97 bits per heavy atom. The van der Waals surface area contributed by atoms with E-state index in [1.165, 1.54) is 23.1 Å². The first kappa shape index (κ1) is 24.6. The Balaban J connectivity index is 1.57. The van der Waals surface area contributed by atoms with Crippen LogP contribution in [0.2, 0.25) is 0 Å². The lowest BCUT2D eigenvalue weighted by molar-refractivity contribution is -0.115. The first-order valence-corrected chi connectivity index (χ1v) is 12.3. The number of pyridine rings is 1. The van der Waals surface area contributed by atoms with E-state index < -0.39 is 0 Å². The third-order valence-corrected chi connectivity index (χ3v) is 6.40. The van der Waals surface area contributed by atoms with Gasteiger partial charge in [0.05, 0.1) is 25.5 Å². The minimum atomic E-state index is -0.132. The molecule has 0 aliphatic heterocycles. The van der Waals surface area contributed by atoms with Crippen molar-refractivity contribution in [3.8, 4) is 28.8 Å². The number of amides is 1. The second kappa shape index (κ2) is 11.7. The SMILES string of the molecule is COc1ccc(-c2csc(NC(=O)CCSc3nc(CC(C)C)ccc3C#N)n2)cc1OC. The number of thioether (sulfide) groups is 1. The summed E-state index contributed by atoms with van der Waals surface area (Å²) in [6, 6.07) is 11.4. The summed E-state index contributed by atoms with van der Waals surface area (Å²) in [6.07, 6.45) is 1.14. The topological polar surface area (TPSA) is 97.1 Å². The van der Waals surface area contributed by atoms with Crippen molar-refractivity contribution in [2.75, 3.05) is 25.3 Å². The highest BCUT2D eigenvalue weighted by molar-refractivity contribution is 7.99. The number of nitriles is 1. The summed E-state index contributed by atoms with van der Waals surface area (Å²) < 4.78 is 10.6. The number of carbonyl (C=O) groups is 1. The third kappa shape index (κ3) is 6.70. The molecule has 0 saturated heterocycles. The zero-order chi connectivity index (χ0) is 23.8. The van der Waals surface area contributed by atoms with Crippen molar-refractivity contribution >= 4 is 34.1 Å². The molecule has 0 saturated carbocycles. The van der Waals surface area contributed by atoms with E-state index in [1.807, 2.05) is 29.6 Å². The Morgan fingerprint density at radius 1 is 1.18 bits per heavy atom. The van der Waals surface area contributed by atoms with Crippen LogP contribution in [0.25, 0.3) is 11.3 Å². The van der Waals surface area contributed by atoms with Crippen LogP contribution in [0.5, 0.6) is 11.5 Å². The predicted octanol–water partition coefficient (Wildman–Crippen LogP) is 5.41. The molecule has 0 bridgehead atoms. The van der Waals surface area contributed by atoms with Gasteiger partial charge in [0.1, 0.15) is 11.1 Å². The molecule has 1 amide bonds. The lowest BCUT2D eigenvalue weighted by Gasteiger charge is -2.08. The number of hydrogen-bond donors (Lipinski definition) is 1. The number of rotatable bonds is 10. The number of benzene rings is 1. The average Bonchev–Trinajstić information content (AvgIpc) is 3.26. The number of anilines is 1. The first-order chi connectivity index (χ1) is 15.9. The van der Waals surface area contributed by atoms with E-state index in [0.717, 1.165) is 23.4 Å². The number of hydrogen-bond acceptors (Lipinski definition) is 8. The van der Waals surface area contributed by atoms with Crippen molar-refractivity contribution < 1.29 is 14.3 Å². The van der Waals surface area contributed by atoms with Gasteiger partial charge in [0, 0.05) is 28.8 Å². The van der Waals surface area contributed by atoms with Gasteiger partial charge in [0.15, 0.2) is 16.6 Å². The highest BCUT2D eigenvalue weighted by Crippen LogP contribution is 2.33. The third-order valence-electron chi connectivity index (χ3n) is 4.65. The smallest absolute Gasteiger partial charge is 0.226 e. The number of aromatic nitrogens is 2. The van der Waals surface area contributed by atoms with Crippen molar-refractivity contribution in [3.63, 3.8) is 0 Å². The van der Waals surface area contributed by atoms with Gasteiger partial charge < -0.3 is 14.8 Å². The average molecular weight is 483 g/mol. The van der Waals surface area contributed by atoms with Gasteiger partial charge >= 0.3 is 0 Å². The monoisotopic (exact) mass is 482 g/mol. The van der Waals surface area contributed by atoms with Gasteiger partial charge in [0.25, 0.3) is 0 Å². The summed E-state index contributed by atoms with van der Waals surface area (Å²) in [4.78, 5) is 21.5. The standard InChI is InChI=1S/C24H26N4O3S2/c1-15(2)11-18-7-5-17(13-25)23(26-18)32-10-9-22(29)28-24-27-19(14-33-24)16-6-8-20(30-3)21(12-16)31-4/h5-8,12,14-15H,9-11H2,1-4H3,(H,27,28,29). The maximum absolute atomic E-state index is 12.4. The molecular formula is C24H26N4O3S2. The molecule has 0 spiro atoms. The fourth-order valence-electron chi connectivity index (χ4n) is 3.09. The molecule has 0 aliphatic carbocycles. The van der Waals surface area contributed by atoms with Gasteiger partial charge in [-0.3, -0.25) is 4.79 Å². The minimum Gasteiger partial charge on any atom is -0.493 e. The maximum Gasteiger partial charge on any atom is 0.226 e. The molecule has 0 atom stereocenters. The Hall–Kier alpha value is -3.09. The Morgan fingerprint density at radius 3 is 2.67 bits per heavy atom. The summed E-state index contributed by atoms with van der Waals surface area (Å²) >= 11 is 2.79. The lowest BCUT2D eigenvalue weighted by atomic mass is 10.1. The fourth-order valence-corrected chi connectivity index (χ4v) is 4.75. The molecule has 0 radical (unpaired) electrons. The van der Waals surface area contributed by atoms with E-state index in [9.17, 15) is 10.1 Å². The van der Waals surface area contributed by atoms with Crippen LogP contribution in [-0.4, -0.2) is 35.8 Å². The number of thiazole rings is 1. The zero-order valence-corrected chi connectivity index (χ0v) is 20.7. The molecule has 3 aromatic rings. The van der Waals surface area contributed by atoms with Gasteiger partial charge in [-0.2, -0.15) is 5.26 Å². The summed E-state index contributed by atoms with van der Waals surface area (Å²) in [5.41, 5.74) is 3.11. The van der Waals surface area contributed by atoms with Crippen molar-refractivity contribution in [3.05, 3.63) is 47.0 Å². The van der Waals surface area contributed by atoms with E-state index in [1.54, 1.807) is 20.3 Å². The van der Waals surface area contributed by atoms with Crippen LogP contribution in [0.1, 0.15) is 31.5 Å². The van der Waals surface area contributed by atoms with Crippen LogP contribution >= 0.6 is 23.1 Å². The summed E-state index contributed by atoms with van der Waals surface area (Å²) in [6.45, 7) is 4.26. The normalized spacial score (nSPS) is 10.7. The van der Waals surface area contributed by atoms with Gasteiger partial charge in [-0.1, -0.05) is 13.8 Å². The number of ether oxygens (including phenoxy) is 2. The summed E-state index contributed by atoms with van der Waals surface area (Å²) in [5.74, 6) is 2.13. The Kier molecular flexibility index (Phi) is 8.69. The molecule has 2 aromatic heterocycles. The van der Waals surface area contributed by atoms with Crippen LogP contribution in [-0.2, 0) is 11.2 Å². The fraction of sp³-hybridized carbons (Fsp3) is 0.333. The van der Waals surface area contributed by atoms with E-state index in [-0.39, 0.29) is 12.3 Å². The molecule has 9 heteroatoms. The maximum atomic E-state index is 12.4. The van der Waals surface area contributed by atoms with Crippen molar-refractivity contribution in [1.82, 2.24) is 9.97 Å². The first-order valence-electron chi connectivity index (χ1n) is 10.4. The van der Waals surface area contributed by atoms with Crippen molar-refractivity contribution in [2.45, 2.75) is 31.7 Å². The molecule has 0 fully saturated rings. The molecular weight excluding hydrogens is 456 g/mol. The van der Waals surface area contributed by atoms with Crippen LogP contribution in [0.15, 0.2) is 40.7 Å². The van der Waals surface area contributed by atoms with Crippen molar-refractivity contribution in [2.24, 2.45) is 5.92 Å². The van der Waals surface area contributed by atoms with E-state index in [2.05, 4.69) is 35.2 Å². The van der Waals surface area contributed by atoms with Gasteiger partial charge in [-0.15, -0.1) is 23.1 Å². The molecule has 1 N–H and O–H groups in total. The van der Waals surface area contributed by atoms with Crippen LogP contribution in [0.4, 0.5) is 5.13 Å².